The molecule has 0 saturated carbocycles. The molecule has 4 rings (SSSR count). The van der Waals surface area contributed by atoms with Crippen molar-refractivity contribution >= 4 is 29.3 Å². The molecule has 0 radical (unpaired) electrons. The van der Waals surface area contributed by atoms with Gasteiger partial charge in [-0.2, -0.15) is 0 Å². The summed E-state index contributed by atoms with van der Waals surface area (Å²) in [6, 6.07) is 13.6. The van der Waals surface area contributed by atoms with Crippen LogP contribution in [-0.4, -0.2) is 42.3 Å². The van der Waals surface area contributed by atoms with E-state index >= 15 is 0 Å². The van der Waals surface area contributed by atoms with Crippen LogP contribution in [0.25, 0.3) is 6.08 Å². The number of amides is 1. The second-order valence-corrected chi connectivity index (χ2v) is 8.05. The highest BCUT2D eigenvalue weighted by Crippen LogP contribution is 2.26. The lowest BCUT2D eigenvalue weighted by Gasteiger charge is -2.18. The smallest absolute Gasteiger partial charge is 0.276 e. The normalized spacial score (nSPS) is 19.7. The molecule has 2 aliphatic rings. The summed E-state index contributed by atoms with van der Waals surface area (Å²) in [5, 5.41) is 3.46. The number of rotatable bonds is 7. The summed E-state index contributed by atoms with van der Waals surface area (Å²) in [6.45, 7) is 3.60. The van der Waals surface area contributed by atoms with Crippen LogP contribution in [0.3, 0.4) is 0 Å². The van der Waals surface area contributed by atoms with Crippen molar-refractivity contribution < 1.29 is 19.0 Å². The Morgan fingerprint density at radius 3 is 2.84 bits per heavy atom. The van der Waals surface area contributed by atoms with Crippen LogP contribution in [0.15, 0.2) is 48.2 Å². The highest BCUT2D eigenvalue weighted by Gasteiger charge is 2.33. The lowest BCUT2D eigenvalue weighted by molar-refractivity contribution is -0.123. The summed E-state index contributed by atoms with van der Waals surface area (Å²) < 4.78 is 17.1. The van der Waals surface area contributed by atoms with Crippen molar-refractivity contribution in [2.75, 3.05) is 20.3 Å². The van der Waals surface area contributed by atoms with Crippen LogP contribution < -0.4 is 14.8 Å². The number of aryl methyl sites for hydroxylation is 1. The molecule has 2 saturated heterocycles. The van der Waals surface area contributed by atoms with Crippen molar-refractivity contribution in [3.8, 4) is 11.5 Å². The molecule has 6 nitrogen and oxygen atoms in total. The summed E-state index contributed by atoms with van der Waals surface area (Å²) in [6.07, 6.45) is 3.83. The third kappa shape index (κ3) is 4.89. The van der Waals surface area contributed by atoms with Gasteiger partial charge in [0.25, 0.3) is 5.91 Å². The van der Waals surface area contributed by atoms with E-state index in [0.29, 0.717) is 24.0 Å². The molecule has 2 aromatic rings. The standard InChI is InChI=1S/C24H26N2O4S/c1-16-6-3-4-8-21(16)30-15-18-12-17(9-10-22(18)28-2)13-20-23(27)26(24(31)25-20)14-19-7-5-11-29-19/h3-4,6,8-10,12-13,19H,5,7,11,14-15H2,1-2H3,(H,25,31)/b20-13+. The van der Waals surface area contributed by atoms with Gasteiger partial charge in [0.1, 0.15) is 23.8 Å². The third-order valence-electron chi connectivity index (χ3n) is 5.46. The highest BCUT2D eigenvalue weighted by atomic mass is 32.1. The first-order chi connectivity index (χ1) is 15.0. The van der Waals surface area contributed by atoms with Crippen LogP contribution in [0, 0.1) is 6.92 Å². The first-order valence-corrected chi connectivity index (χ1v) is 10.8. The summed E-state index contributed by atoms with van der Waals surface area (Å²) in [7, 11) is 1.63. The van der Waals surface area contributed by atoms with E-state index in [0.717, 1.165) is 47.6 Å². The number of hydrogen-bond donors (Lipinski definition) is 1. The second-order valence-electron chi connectivity index (χ2n) is 7.66. The number of nitrogens with zero attached hydrogens (tertiary/aromatic N) is 1. The average Bonchev–Trinajstić information content (AvgIpc) is 3.37. The van der Waals surface area contributed by atoms with Gasteiger partial charge in [-0.1, -0.05) is 24.3 Å². The summed E-state index contributed by atoms with van der Waals surface area (Å²) in [4.78, 5) is 14.5. The Morgan fingerprint density at radius 2 is 2.10 bits per heavy atom. The zero-order valence-electron chi connectivity index (χ0n) is 17.7. The van der Waals surface area contributed by atoms with Crippen molar-refractivity contribution in [3.63, 3.8) is 0 Å². The highest BCUT2D eigenvalue weighted by molar-refractivity contribution is 7.80. The first kappa shape index (κ1) is 21.3. The number of para-hydroxylation sites is 1. The molecule has 1 amide bonds. The van der Waals surface area contributed by atoms with Crippen molar-refractivity contribution in [2.45, 2.75) is 32.5 Å². The fourth-order valence-electron chi connectivity index (χ4n) is 3.77. The predicted octanol–water partition coefficient (Wildman–Crippen LogP) is 3.82. The van der Waals surface area contributed by atoms with Crippen molar-refractivity contribution in [2.24, 2.45) is 0 Å². The quantitative estimate of drug-likeness (QED) is 0.524. The number of benzene rings is 2. The Balaban J connectivity index is 1.50. The molecule has 0 bridgehead atoms. The molecule has 1 N–H and O–H groups in total. The lowest BCUT2D eigenvalue weighted by Crippen LogP contribution is -2.37. The molecule has 1 unspecified atom stereocenters. The summed E-state index contributed by atoms with van der Waals surface area (Å²) in [5.41, 5.74) is 3.28. The molecule has 2 fully saturated rings. The SMILES string of the molecule is COc1ccc(/C=C2/NC(=S)N(CC3CCCO3)C2=O)cc1COc1ccccc1C. The van der Waals surface area contributed by atoms with Crippen LogP contribution in [-0.2, 0) is 16.1 Å². The van der Waals surface area contributed by atoms with E-state index < -0.39 is 0 Å². The Labute approximate surface area is 187 Å². The van der Waals surface area contributed by atoms with Gasteiger partial charge in [0.05, 0.1) is 19.8 Å². The fraction of sp³-hybridized carbons (Fsp3) is 0.333. The molecule has 0 spiro atoms. The van der Waals surface area contributed by atoms with Crippen LogP contribution in [0.2, 0.25) is 0 Å². The summed E-state index contributed by atoms with van der Waals surface area (Å²) >= 11 is 5.38. The van der Waals surface area contributed by atoms with E-state index in [4.69, 9.17) is 26.4 Å². The number of carbonyl (C=O) groups is 1. The Hall–Kier alpha value is -2.90. The van der Waals surface area contributed by atoms with Gasteiger partial charge in [-0.25, -0.2) is 0 Å². The van der Waals surface area contributed by atoms with E-state index in [2.05, 4.69) is 5.32 Å². The van der Waals surface area contributed by atoms with Crippen LogP contribution in [0.4, 0.5) is 0 Å². The van der Waals surface area contributed by atoms with Crippen molar-refractivity contribution in [3.05, 3.63) is 64.9 Å². The van der Waals surface area contributed by atoms with Crippen LogP contribution >= 0.6 is 12.2 Å². The van der Waals surface area contributed by atoms with Gasteiger partial charge in [-0.05, 0) is 67.4 Å². The Kier molecular flexibility index (Phi) is 6.53. The van der Waals surface area contributed by atoms with Crippen LogP contribution in [0.1, 0.15) is 29.5 Å². The van der Waals surface area contributed by atoms with E-state index in [1.54, 1.807) is 18.1 Å². The molecule has 0 aromatic heterocycles. The molecule has 31 heavy (non-hydrogen) atoms. The van der Waals surface area contributed by atoms with Gasteiger partial charge >= 0.3 is 0 Å². The molecule has 162 valence electrons. The maximum atomic E-state index is 12.9. The second kappa shape index (κ2) is 9.49. The zero-order valence-corrected chi connectivity index (χ0v) is 18.5. The van der Waals surface area contributed by atoms with Gasteiger partial charge in [-0.3, -0.25) is 9.69 Å². The maximum Gasteiger partial charge on any atom is 0.276 e. The van der Waals surface area contributed by atoms with Crippen molar-refractivity contribution in [1.29, 1.82) is 0 Å². The molecule has 2 aliphatic heterocycles. The third-order valence-corrected chi connectivity index (χ3v) is 5.79. The number of methoxy groups -OCH3 is 1. The Morgan fingerprint density at radius 1 is 1.26 bits per heavy atom. The van der Waals surface area contributed by atoms with Gasteiger partial charge in [0.2, 0.25) is 0 Å². The molecule has 7 heteroatoms. The molecular weight excluding hydrogens is 412 g/mol. The minimum Gasteiger partial charge on any atom is -0.496 e. The van der Waals surface area contributed by atoms with Gasteiger partial charge in [-0.15, -0.1) is 0 Å². The van der Waals surface area contributed by atoms with E-state index in [-0.39, 0.29) is 12.0 Å². The molecular formula is C24H26N2O4S. The van der Waals surface area contributed by atoms with E-state index in [9.17, 15) is 4.79 Å². The monoisotopic (exact) mass is 438 g/mol. The molecule has 0 aliphatic carbocycles. The van der Waals surface area contributed by atoms with Gasteiger partial charge in [0, 0.05) is 12.2 Å². The number of ether oxygens (including phenoxy) is 3. The number of hydrogen-bond acceptors (Lipinski definition) is 5. The van der Waals surface area contributed by atoms with Gasteiger partial charge < -0.3 is 19.5 Å². The largest absolute Gasteiger partial charge is 0.496 e. The molecule has 2 aromatic carbocycles. The minimum absolute atomic E-state index is 0.0502. The van der Waals surface area contributed by atoms with Crippen LogP contribution in [0.5, 0.6) is 11.5 Å². The van der Waals surface area contributed by atoms with E-state index in [1.807, 2.05) is 49.4 Å². The van der Waals surface area contributed by atoms with E-state index in [1.165, 1.54) is 0 Å². The molecule has 2 heterocycles. The van der Waals surface area contributed by atoms with Crippen molar-refractivity contribution in [1.82, 2.24) is 10.2 Å². The zero-order chi connectivity index (χ0) is 21.8. The maximum absolute atomic E-state index is 12.9. The lowest BCUT2D eigenvalue weighted by atomic mass is 10.1. The Bertz CT molecular complexity index is 1010. The van der Waals surface area contributed by atoms with Gasteiger partial charge in [0.15, 0.2) is 5.11 Å². The predicted molar refractivity (Wildman–Crippen MR) is 123 cm³/mol. The molecule has 1 atom stereocenters. The number of thiocarbonyl (C=S) groups is 1. The number of nitrogens with one attached hydrogen (secondary N) is 1. The fourth-order valence-corrected chi connectivity index (χ4v) is 4.04. The summed E-state index contributed by atoms with van der Waals surface area (Å²) in [5.74, 6) is 1.43. The number of carbonyl (C=O) groups excluding carboxylic acids is 1. The minimum atomic E-state index is -0.131. The first-order valence-electron chi connectivity index (χ1n) is 10.4. The topological polar surface area (TPSA) is 60.0 Å². The average molecular weight is 439 g/mol.